The normalized spacial score (nSPS) is 10.9. The molecule has 1 aromatic rings. The second-order valence-electron chi connectivity index (χ2n) is 4.67. The van der Waals surface area contributed by atoms with Gasteiger partial charge < -0.3 is 20.5 Å². The van der Waals surface area contributed by atoms with E-state index in [9.17, 15) is 4.79 Å². The van der Waals surface area contributed by atoms with Crippen LogP contribution in [0.25, 0.3) is 0 Å². The monoisotopic (exact) mass is 269 g/mol. The number of imidazole rings is 1. The van der Waals surface area contributed by atoms with E-state index in [2.05, 4.69) is 15.3 Å². The molecule has 0 atom stereocenters. The number of aromatic nitrogens is 2. The molecule has 0 saturated carbocycles. The molecule has 0 radical (unpaired) electrons. The van der Waals surface area contributed by atoms with E-state index in [0.29, 0.717) is 19.4 Å². The van der Waals surface area contributed by atoms with Crippen molar-refractivity contribution < 1.29 is 15.0 Å². The van der Waals surface area contributed by atoms with E-state index in [1.165, 1.54) is 0 Å². The number of aliphatic hydroxyl groups excluding tert-OH is 1. The summed E-state index contributed by atoms with van der Waals surface area (Å²) in [7, 11) is 0. The lowest BCUT2D eigenvalue weighted by molar-refractivity contribution is -0.121. The minimum absolute atomic E-state index is 0.0296. The topological polar surface area (TPSA) is 98.2 Å². The Morgan fingerprint density at radius 2 is 2.21 bits per heavy atom. The van der Waals surface area contributed by atoms with Gasteiger partial charge in [-0.25, -0.2) is 4.98 Å². The number of rotatable bonds is 9. The lowest BCUT2D eigenvalue weighted by Gasteiger charge is -2.05. The maximum atomic E-state index is 11.4. The van der Waals surface area contributed by atoms with Crippen molar-refractivity contribution in [1.29, 1.82) is 0 Å². The summed E-state index contributed by atoms with van der Waals surface area (Å²) in [6, 6.07) is 0. The number of carbonyl (C=O) groups excluding carboxylic acids is 1. The standard InChI is InChI=1S/C13H23N3O3/c1-10-15-9-11(16-10)5-2-3-8-14-12(17)6-4-7-13(18)19/h9,13,18-19H,2-8H2,1H3,(H,14,17)(H,15,16). The van der Waals surface area contributed by atoms with Crippen molar-refractivity contribution in [3.63, 3.8) is 0 Å². The smallest absolute Gasteiger partial charge is 0.219 e. The van der Waals surface area contributed by atoms with Crippen LogP contribution in [0.15, 0.2) is 6.20 Å². The summed E-state index contributed by atoms with van der Waals surface area (Å²) in [5.41, 5.74) is 1.13. The highest BCUT2D eigenvalue weighted by molar-refractivity contribution is 5.75. The average Bonchev–Trinajstić information content (AvgIpc) is 2.74. The van der Waals surface area contributed by atoms with E-state index in [-0.39, 0.29) is 12.3 Å². The van der Waals surface area contributed by atoms with Crippen LogP contribution in [-0.2, 0) is 11.2 Å². The van der Waals surface area contributed by atoms with Crippen molar-refractivity contribution in [2.75, 3.05) is 6.54 Å². The van der Waals surface area contributed by atoms with Gasteiger partial charge in [0.15, 0.2) is 6.29 Å². The van der Waals surface area contributed by atoms with Gasteiger partial charge >= 0.3 is 0 Å². The minimum Gasteiger partial charge on any atom is -0.368 e. The molecular formula is C13H23N3O3. The Morgan fingerprint density at radius 3 is 2.84 bits per heavy atom. The highest BCUT2D eigenvalue weighted by Gasteiger charge is 2.03. The summed E-state index contributed by atoms with van der Waals surface area (Å²) in [4.78, 5) is 18.7. The number of hydrogen-bond donors (Lipinski definition) is 4. The molecule has 0 unspecified atom stereocenters. The SMILES string of the molecule is Cc1ncc(CCCCNC(=O)CCCC(O)O)[nH]1. The predicted molar refractivity (Wildman–Crippen MR) is 71.3 cm³/mol. The molecule has 1 amide bonds. The highest BCUT2D eigenvalue weighted by Crippen LogP contribution is 2.02. The minimum atomic E-state index is -1.31. The van der Waals surface area contributed by atoms with Gasteiger partial charge in [0.1, 0.15) is 5.82 Å². The number of H-pyrrole nitrogens is 1. The molecule has 1 rings (SSSR count). The van der Waals surface area contributed by atoms with Gasteiger partial charge in [-0.05, 0) is 39.0 Å². The van der Waals surface area contributed by atoms with Crippen LogP contribution in [0.5, 0.6) is 0 Å². The molecule has 0 aromatic carbocycles. The molecule has 1 aromatic heterocycles. The number of nitrogens with zero attached hydrogens (tertiary/aromatic N) is 1. The number of unbranched alkanes of at least 4 members (excludes halogenated alkanes) is 1. The molecule has 108 valence electrons. The zero-order chi connectivity index (χ0) is 14.1. The second kappa shape index (κ2) is 8.66. The quantitative estimate of drug-likeness (QED) is 0.390. The first-order chi connectivity index (χ1) is 9.08. The van der Waals surface area contributed by atoms with E-state index in [0.717, 1.165) is 30.8 Å². The maximum Gasteiger partial charge on any atom is 0.219 e. The molecule has 0 saturated heterocycles. The molecule has 0 bridgehead atoms. The number of hydrogen-bond acceptors (Lipinski definition) is 4. The molecular weight excluding hydrogens is 246 g/mol. The van der Waals surface area contributed by atoms with Crippen LogP contribution in [-0.4, -0.2) is 38.9 Å². The van der Waals surface area contributed by atoms with E-state index in [1.54, 1.807) is 0 Å². The summed E-state index contributed by atoms with van der Waals surface area (Å²) in [6.07, 6.45) is 4.47. The van der Waals surface area contributed by atoms with Crippen LogP contribution >= 0.6 is 0 Å². The zero-order valence-electron chi connectivity index (χ0n) is 11.4. The van der Waals surface area contributed by atoms with Gasteiger partial charge in [0.2, 0.25) is 5.91 Å². The molecule has 4 N–H and O–H groups in total. The molecule has 6 nitrogen and oxygen atoms in total. The Hall–Kier alpha value is -1.40. The van der Waals surface area contributed by atoms with Gasteiger partial charge in [-0.2, -0.15) is 0 Å². The van der Waals surface area contributed by atoms with Crippen LogP contribution in [0.2, 0.25) is 0 Å². The van der Waals surface area contributed by atoms with Crippen LogP contribution in [0, 0.1) is 6.92 Å². The lowest BCUT2D eigenvalue weighted by Crippen LogP contribution is -2.24. The summed E-state index contributed by atoms with van der Waals surface area (Å²) in [6.45, 7) is 2.58. The van der Waals surface area contributed by atoms with Gasteiger partial charge in [-0.15, -0.1) is 0 Å². The van der Waals surface area contributed by atoms with E-state index in [4.69, 9.17) is 10.2 Å². The number of aryl methyl sites for hydroxylation is 2. The number of carbonyl (C=O) groups is 1. The van der Waals surface area contributed by atoms with Gasteiger partial charge in [-0.1, -0.05) is 0 Å². The van der Waals surface area contributed by atoms with Crippen molar-refractivity contribution in [3.05, 3.63) is 17.7 Å². The van der Waals surface area contributed by atoms with Crippen molar-refractivity contribution >= 4 is 5.91 Å². The van der Waals surface area contributed by atoms with Crippen molar-refractivity contribution in [3.8, 4) is 0 Å². The van der Waals surface area contributed by atoms with Crippen LogP contribution < -0.4 is 5.32 Å². The third-order valence-corrected chi connectivity index (χ3v) is 2.82. The molecule has 19 heavy (non-hydrogen) atoms. The Morgan fingerprint density at radius 1 is 1.42 bits per heavy atom. The zero-order valence-corrected chi connectivity index (χ0v) is 11.4. The summed E-state index contributed by atoms with van der Waals surface area (Å²) < 4.78 is 0. The van der Waals surface area contributed by atoms with Gasteiger partial charge in [0, 0.05) is 24.9 Å². The van der Waals surface area contributed by atoms with Gasteiger partial charge in [0.25, 0.3) is 0 Å². The fourth-order valence-corrected chi connectivity index (χ4v) is 1.80. The first-order valence-corrected chi connectivity index (χ1v) is 6.71. The molecule has 0 spiro atoms. The summed E-state index contributed by atoms with van der Waals surface area (Å²) in [5.74, 6) is 0.896. The number of aromatic amines is 1. The van der Waals surface area contributed by atoms with Crippen molar-refractivity contribution in [1.82, 2.24) is 15.3 Å². The first-order valence-electron chi connectivity index (χ1n) is 6.71. The third kappa shape index (κ3) is 7.58. The van der Waals surface area contributed by atoms with Gasteiger partial charge in [-0.3, -0.25) is 4.79 Å². The van der Waals surface area contributed by atoms with Crippen LogP contribution in [0.1, 0.15) is 43.6 Å². The first kappa shape index (κ1) is 15.7. The Bertz CT molecular complexity index is 377. The molecule has 6 heteroatoms. The number of nitrogens with one attached hydrogen (secondary N) is 2. The van der Waals surface area contributed by atoms with E-state index >= 15 is 0 Å². The fourth-order valence-electron chi connectivity index (χ4n) is 1.80. The Kier molecular flexibility index (Phi) is 7.14. The Balaban J connectivity index is 1.97. The summed E-state index contributed by atoms with van der Waals surface area (Å²) in [5, 5.41) is 20.1. The van der Waals surface area contributed by atoms with Crippen molar-refractivity contribution in [2.24, 2.45) is 0 Å². The molecule has 0 fully saturated rings. The molecule has 0 aliphatic carbocycles. The molecule has 1 heterocycles. The Labute approximate surface area is 113 Å². The van der Waals surface area contributed by atoms with Crippen molar-refractivity contribution in [2.45, 2.75) is 51.7 Å². The van der Waals surface area contributed by atoms with E-state index in [1.807, 2.05) is 13.1 Å². The predicted octanol–water partition coefficient (Wildman–Crippen LogP) is 0.638. The fraction of sp³-hybridized carbons (Fsp3) is 0.692. The summed E-state index contributed by atoms with van der Waals surface area (Å²) >= 11 is 0. The third-order valence-electron chi connectivity index (χ3n) is 2.82. The van der Waals surface area contributed by atoms with Crippen LogP contribution in [0.4, 0.5) is 0 Å². The maximum absolute atomic E-state index is 11.4. The van der Waals surface area contributed by atoms with E-state index < -0.39 is 6.29 Å². The van der Waals surface area contributed by atoms with Gasteiger partial charge in [0.05, 0.1) is 0 Å². The lowest BCUT2D eigenvalue weighted by atomic mass is 10.2. The second-order valence-corrected chi connectivity index (χ2v) is 4.67. The van der Waals surface area contributed by atoms with Crippen LogP contribution in [0.3, 0.4) is 0 Å². The number of amides is 1. The largest absolute Gasteiger partial charge is 0.368 e. The average molecular weight is 269 g/mol. The molecule has 0 aliphatic rings. The molecule has 0 aliphatic heterocycles. The highest BCUT2D eigenvalue weighted by atomic mass is 16.5. The number of aliphatic hydroxyl groups is 2.